The minimum atomic E-state index is -0.0912. The molecule has 1 N–H and O–H groups in total. The zero-order valence-corrected chi connectivity index (χ0v) is 13.8. The highest BCUT2D eigenvalue weighted by molar-refractivity contribution is 7.16. The van der Waals surface area contributed by atoms with Gasteiger partial charge in [0, 0.05) is 19.0 Å². The molecule has 0 fully saturated rings. The van der Waals surface area contributed by atoms with Gasteiger partial charge in [0.1, 0.15) is 5.01 Å². The number of nitrogens with zero attached hydrogens (tertiary/aromatic N) is 5. The number of aromatic nitrogens is 5. The highest BCUT2D eigenvalue weighted by Crippen LogP contribution is 2.29. The highest BCUT2D eigenvalue weighted by Gasteiger charge is 2.17. The topological polar surface area (TPSA) is 68.2 Å². The van der Waals surface area contributed by atoms with E-state index < -0.39 is 0 Å². The van der Waals surface area contributed by atoms with Crippen molar-refractivity contribution < 1.29 is 5.11 Å². The number of fused-ring (bicyclic) bond motifs is 2. The molecule has 4 rings (SSSR count). The van der Waals surface area contributed by atoms with Crippen LogP contribution < -0.4 is 0 Å². The van der Waals surface area contributed by atoms with Crippen LogP contribution in [0.1, 0.15) is 24.0 Å². The van der Waals surface area contributed by atoms with Gasteiger partial charge < -0.3 is 9.67 Å². The average Bonchev–Trinajstić information content (AvgIpc) is 3.20. The minimum absolute atomic E-state index is 0.0912. The molecule has 0 aliphatic rings. The van der Waals surface area contributed by atoms with E-state index in [0.717, 1.165) is 50.8 Å². The van der Waals surface area contributed by atoms with Gasteiger partial charge in [-0.3, -0.25) is 0 Å². The van der Waals surface area contributed by atoms with Crippen molar-refractivity contribution in [2.24, 2.45) is 7.05 Å². The van der Waals surface area contributed by atoms with Gasteiger partial charge >= 0.3 is 0 Å². The summed E-state index contributed by atoms with van der Waals surface area (Å²) in [7, 11) is 1.97. The van der Waals surface area contributed by atoms with E-state index in [9.17, 15) is 5.11 Å². The van der Waals surface area contributed by atoms with E-state index in [1.165, 1.54) is 0 Å². The number of imidazole rings is 2. The van der Waals surface area contributed by atoms with Gasteiger partial charge in [-0.2, -0.15) is 5.10 Å². The monoisotopic (exact) mass is 327 g/mol. The number of rotatable bonds is 4. The zero-order valence-electron chi connectivity index (χ0n) is 13.0. The smallest absolute Gasteiger partial charge is 0.213 e. The lowest BCUT2D eigenvalue weighted by atomic mass is 10.1. The van der Waals surface area contributed by atoms with E-state index in [1.54, 1.807) is 22.2 Å². The zero-order chi connectivity index (χ0) is 16.0. The number of aliphatic hydroxyl groups is 1. The summed E-state index contributed by atoms with van der Waals surface area (Å²) in [4.78, 5) is 9.91. The van der Waals surface area contributed by atoms with Gasteiger partial charge in [0.2, 0.25) is 4.96 Å². The molecule has 0 spiro atoms. The number of hydrogen-bond donors (Lipinski definition) is 1. The molecule has 0 saturated carbocycles. The normalized spacial score (nSPS) is 11.8. The predicted octanol–water partition coefficient (Wildman–Crippen LogP) is 2.79. The first kappa shape index (κ1) is 14.3. The first-order chi connectivity index (χ1) is 11.2. The molecule has 4 aromatic rings. The van der Waals surface area contributed by atoms with E-state index in [2.05, 4.69) is 17.0 Å². The van der Waals surface area contributed by atoms with Gasteiger partial charge in [0.15, 0.2) is 0 Å². The minimum Gasteiger partial charge on any atom is -0.390 e. The summed E-state index contributed by atoms with van der Waals surface area (Å²) in [6, 6.07) is 6.05. The van der Waals surface area contributed by atoms with Gasteiger partial charge in [0.05, 0.1) is 35.4 Å². The molecule has 6 nitrogen and oxygen atoms in total. The third kappa shape index (κ3) is 2.24. The Balaban J connectivity index is 1.87. The molecule has 118 valence electrons. The third-order valence-corrected chi connectivity index (χ3v) is 4.92. The third-order valence-electron chi connectivity index (χ3n) is 3.95. The maximum Gasteiger partial charge on any atom is 0.213 e. The van der Waals surface area contributed by atoms with Crippen LogP contribution in [0.25, 0.3) is 27.3 Å². The van der Waals surface area contributed by atoms with E-state index >= 15 is 0 Å². The molecule has 0 unspecified atom stereocenters. The molecule has 0 atom stereocenters. The fourth-order valence-electron chi connectivity index (χ4n) is 2.80. The van der Waals surface area contributed by atoms with Crippen LogP contribution in [0, 0.1) is 0 Å². The molecule has 7 heteroatoms. The average molecular weight is 327 g/mol. The van der Waals surface area contributed by atoms with Crippen LogP contribution in [0.4, 0.5) is 0 Å². The molecule has 0 radical (unpaired) electrons. The molecule has 3 heterocycles. The molecule has 0 aliphatic heterocycles. The van der Waals surface area contributed by atoms with E-state index in [1.807, 2.05) is 29.8 Å². The van der Waals surface area contributed by atoms with Gasteiger partial charge in [-0.05, 0) is 18.6 Å². The van der Waals surface area contributed by atoms with Crippen LogP contribution in [0.3, 0.4) is 0 Å². The van der Waals surface area contributed by atoms with Crippen LogP contribution in [0.2, 0.25) is 0 Å². The lowest BCUT2D eigenvalue weighted by Gasteiger charge is -2.02. The summed E-state index contributed by atoms with van der Waals surface area (Å²) in [6.07, 6.45) is 3.79. The second kappa shape index (κ2) is 5.43. The summed E-state index contributed by atoms with van der Waals surface area (Å²) < 4.78 is 3.75. The molecular weight excluding hydrogens is 310 g/mol. The van der Waals surface area contributed by atoms with Crippen molar-refractivity contribution in [3.05, 3.63) is 35.2 Å². The number of aryl methyl sites for hydroxylation is 2. The Kier molecular flexibility index (Phi) is 3.39. The maximum absolute atomic E-state index is 9.81. The van der Waals surface area contributed by atoms with Crippen molar-refractivity contribution in [3.63, 3.8) is 0 Å². The van der Waals surface area contributed by atoms with Crippen LogP contribution in [0.5, 0.6) is 0 Å². The number of hydrogen-bond acceptors (Lipinski definition) is 5. The molecule has 23 heavy (non-hydrogen) atoms. The van der Waals surface area contributed by atoms with Crippen LogP contribution in [-0.2, 0) is 20.1 Å². The largest absolute Gasteiger partial charge is 0.390 e. The summed E-state index contributed by atoms with van der Waals surface area (Å²) in [5.74, 6) is 0. The van der Waals surface area contributed by atoms with Crippen molar-refractivity contribution in [3.8, 4) is 11.3 Å². The Labute approximate surface area is 137 Å². The maximum atomic E-state index is 9.81. The van der Waals surface area contributed by atoms with Crippen LogP contribution in [-0.4, -0.2) is 29.3 Å². The highest BCUT2D eigenvalue weighted by atomic mass is 32.1. The summed E-state index contributed by atoms with van der Waals surface area (Å²) in [5, 5.41) is 15.4. The summed E-state index contributed by atoms with van der Waals surface area (Å²) in [5.41, 5.74) is 4.46. The molecular formula is C16H17N5OS. The molecule has 3 aromatic heterocycles. The SMILES string of the molecule is CCCc1nn2c(CO)c(-c3ccc4c(c3)ncn4C)nc2s1. The Morgan fingerprint density at radius 3 is 2.96 bits per heavy atom. The molecule has 1 aromatic carbocycles. The van der Waals surface area contributed by atoms with E-state index in [4.69, 9.17) is 4.98 Å². The van der Waals surface area contributed by atoms with Crippen LogP contribution >= 0.6 is 11.3 Å². The van der Waals surface area contributed by atoms with Crippen molar-refractivity contribution in [2.75, 3.05) is 0 Å². The predicted molar refractivity (Wildman–Crippen MR) is 90.5 cm³/mol. The van der Waals surface area contributed by atoms with Crippen molar-refractivity contribution in [1.82, 2.24) is 24.1 Å². The second-order valence-corrected chi connectivity index (χ2v) is 6.60. The molecule has 0 saturated heterocycles. The van der Waals surface area contributed by atoms with Gasteiger partial charge in [0.25, 0.3) is 0 Å². The number of benzene rings is 1. The Morgan fingerprint density at radius 2 is 2.17 bits per heavy atom. The van der Waals surface area contributed by atoms with E-state index in [0.29, 0.717) is 0 Å². The van der Waals surface area contributed by atoms with Gasteiger partial charge in [-0.25, -0.2) is 14.5 Å². The molecule has 0 amide bonds. The van der Waals surface area contributed by atoms with Gasteiger partial charge in [-0.15, -0.1) is 0 Å². The van der Waals surface area contributed by atoms with Crippen molar-refractivity contribution in [1.29, 1.82) is 0 Å². The Morgan fingerprint density at radius 1 is 1.30 bits per heavy atom. The Hall–Kier alpha value is -2.25. The number of aliphatic hydroxyl groups excluding tert-OH is 1. The summed E-state index contributed by atoms with van der Waals surface area (Å²) in [6.45, 7) is 2.04. The second-order valence-electron chi connectivity index (χ2n) is 5.56. The Bertz CT molecular complexity index is 997. The fourth-order valence-corrected chi connectivity index (χ4v) is 3.81. The van der Waals surface area contributed by atoms with Crippen molar-refractivity contribution >= 4 is 27.3 Å². The molecule has 0 aliphatic carbocycles. The fraction of sp³-hybridized carbons (Fsp3) is 0.312. The first-order valence-corrected chi connectivity index (χ1v) is 8.42. The quantitative estimate of drug-likeness (QED) is 0.626. The molecule has 0 bridgehead atoms. The van der Waals surface area contributed by atoms with Crippen molar-refractivity contribution in [2.45, 2.75) is 26.4 Å². The first-order valence-electron chi connectivity index (χ1n) is 7.61. The summed E-state index contributed by atoms with van der Waals surface area (Å²) >= 11 is 1.58. The lowest BCUT2D eigenvalue weighted by Crippen LogP contribution is -1.96. The standard InChI is InChI=1S/C16H17N5OS/c1-3-4-14-19-21-13(8-22)15(18-16(21)23-14)10-5-6-12-11(7-10)17-9-20(12)2/h5-7,9,22H,3-4,8H2,1-2H3. The van der Waals surface area contributed by atoms with Gasteiger partial charge in [-0.1, -0.05) is 24.3 Å². The van der Waals surface area contributed by atoms with E-state index in [-0.39, 0.29) is 6.61 Å². The lowest BCUT2D eigenvalue weighted by molar-refractivity contribution is 0.275. The van der Waals surface area contributed by atoms with Crippen LogP contribution in [0.15, 0.2) is 24.5 Å².